The lowest BCUT2D eigenvalue weighted by molar-refractivity contribution is -0.117. The van der Waals surface area contributed by atoms with Gasteiger partial charge in [0, 0.05) is 30.2 Å². The fourth-order valence-electron chi connectivity index (χ4n) is 2.85. The number of rotatable bonds is 6. The number of nitrogens with one attached hydrogen (secondary N) is 1. The van der Waals surface area contributed by atoms with Crippen molar-refractivity contribution in [1.29, 1.82) is 0 Å². The van der Waals surface area contributed by atoms with Crippen LogP contribution in [0.3, 0.4) is 0 Å². The molecule has 2 aromatic rings. The van der Waals surface area contributed by atoms with E-state index >= 15 is 0 Å². The van der Waals surface area contributed by atoms with Crippen LogP contribution in [0, 0.1) is 5.92 Å². The Balaban J connectivity index is 1.62. The summed E-state index contributed by atoms with van der Waals surface area (Å²) < 4.78 is 32.4. The molecule has 1 N–H and O–H groups in total. The highest BCUT2D eigenvalue weighted by Gasteiger charge is 2.31. The smallest absolute Gasteiger partial charge is 0.240 e. The molecule has 1 atom stereocenters. The maximum absolute atomic E-state index is 12.3. The van der Waals surface area contributed by atoms with Crippen LogP contribution in [0.4, 0.5) is 5.69 Å². The summed E-state index contributed by atoms with van der Waals surface area (Å²) in [5.74, 6) is 0.602. The lowest BCUT2D eigenvalue weighted by Crippen LogP contribution is -2.31. The van der Waals surface area contributed by atoms with Crippen LogP contribution in [0.1, 0.15) is 6.42 Å². The molecule has 1 aliphatic heterocycles. The van der Waals surface area contributed by atoms with Gasteiger partial charge in [-0.3, -0.25) is 4.79 Å². The molecular formula is C18H19ClN2O4S. The van der Waals surface area contributed by atoms with Crippen LogP contribution < -0.4 is 14.4 Å². The fraction of sp³-hybridized carbons (Fsp3) is 0.278. The molecule has 0 aliphatic carbocycles. The highest BCUT2D eigenvalue weighted by atomic mass is 35.5. The van der Waals surface area contributed by atoms with Crippen LogP contribution in [-0.2, 0) is 14.8 Å². The van der Waals surface area contributed by atoms with Gasteiger partial charge in [-0.15, -0.1) is 0 Å². The summed E-state index contributed by atoms with van der Waals surface area (Å²) in [4.78, 5) is 14.1. The number of nitrogens with zero attached hydrogens (tertiary/aromatic N) is 1. The molecule has 2 aromatic carbocycles. The summed E-state index contributed by atoms with van der Waals surface area (Å²) in [6.45, 7) is 0.664. The number of ether oxygens (including phenoxy) is 1. The zero-order chi connectivity index (χ0) is 18.7. The van der Waals surface area contributed by atoms with Crippen molar-refractivity contribution in [3.05, 3.63) is 53.6 Å². The Hall–Kier alpha value is -2.09. The Bertz CT molecular complexity index is 882. The molecule has 1 unspecified atom stereocenters. The first kappa shape index (κ1) is 18.7. The molecule has 0 saturated carbocycles. The lowest BCUT2D eigenvalue weighted by Gasteiger charge is -2.17. The van der Waals surface area contributed by atoms with Crippen molar-refractivity contribution in [3.63, 3.8) is 0 Å². The number of carbonyl (C=O) groups excluding carboxylic acids is 1. The minimum atomic E-state index is -3.63. The van der Waals surface area contributed by atoms with Gasteiger partial charge in [-0.2, -0.15) is 0 Å². The zero-order valence-electron chi connectivity index (χ0n) is 14.2. The van der Waals surface area contributed by atoms with E-state index in [1.807, 2.05) is 12.1 Å². The fourth-order valence-corrected chi connectivity index (χ4v) is 4.10. The average molecular weight is 395 g/mol. The molecule has 1 heterocycles. The zero-order valence-corrected chi connectivity index (χ0v) is 15.8. The molecule has 6 nitrogen and oxygen atoms in total. The van der Waals surface area contributed by atoms with E-state index in [9.17, 15) is 13.2 Å². The number of halogens is 1. The lowest BCUT2D eigenvalue weighted by atomic mass is 10.1. The van der Waals surface area contributed by atoms with Crippen molar-refractivity contribution in [1.82, 2.24) is 4.72 Å². The first-order valence-electron chi connectivity index (χ1n) is 8.09. The molecule has 0 radical (unpaired) electrons. The number of sulfonamides is 1. The summed E-state index contributed by atoms with van der Waals surface area (Å²) in [5.41, 5.74) is 0.777. The molecule has 0 spiro atoms. The SMILES string of the molecule is COc1ccc(N2CC(CNS(=O)(=O)c3ccc(Cl)cc3)CC2=O)cc1. The van der Waals surface area contributed by atoms with Crippen molar-refractivity contribution >= 4 is 33.2 Å². The van der Waals surface area contributed by atoms with E-state index in [1.165, 1.54) is 24.3 Å². The quantitative estimate of drug-likeness (QED) is 0.817. The molecule has 1 amide bonds. The van der Waals surface area contributed by atoms with Crippen molar-refractivity contribution in [2.24, 2.45) is 5.92 Å². The van der Waals surface area contributed by atoms with Gasteiger partial charge in [0.25, 0.3) is 0 Å². The molecule has 138 valence electrons. The van der Waals surface area contributed by atoms with Crippen molar-refractivity contribution in [2.45, 2.75) is 11.3 Å². The number of anilines is 1. The van der Waals surface area contributed by atoms with Crippen LogP contribution in [0.15, 0.2) is 53.4 Å². The Labute approximate surface area is 157 Å². The van der Waals surface area contributed by atoms with Gasteiger partial charge < -0.3 is 9.64 Å². The minimum Gasteiger partial charge on any atom is -0.497 e. The van der Waals surface area contributed by atoms with Gasteiger partial charge in [0.1, 0.15) is 5.75 Å². The van der Waals surface area contributed by atoms with Crippen LogP contribution >= 0.6 is 11.6 Å². The van der Waals surface area contributed by atoms with Crippen LogP contribution in [-0.4, -0.2) is 34.5 Å². The van der Waals surface area contributed by atoms with E-state index in [4.69, 9.17) is 16.3 Å². The highest BCUT2D eigenvalue weighted by Crippen LogP contribution is 2.26. The van der Waals surface area contributed by atoms with Gasteiger partial charge in [-0.05, 0) is 54.4 Å². The second kappa shape index (κ2) is 7.65. The third-order valence-electron chi connectivity index (χ3n) is 4.28. The second-order valence-corrected chi connectivity index (χ2v) is 8.28. The number of carbonyl (C=O) groups is 1. The molecule has 26 heavy (non-hydrogen) atoms. The standard InChI is InChI=1S/C18H19ClN2O4S/c1-25-16-6-4-15(5-7-16)21-12-13(10-18(21)22)11-20-26(23,24)17-8-2-14(19)3-9-17/h2-9,13,20H,10-12H2,1H3. The minimum absolute atomic E-state index is 0.0224. The number of hydrogen-bond donors (Lipinski definition) is 1. The van der Waals surface area contributed by atoms with E-state index < -0.39 is 10.0 Å². The first-order valence-corrected chi connectivity index (χ1v) is 9.95. The molecule has 0 aromatic heterocycles. The number of amides is 1. The molecular weight excluding hydrogens is 376 g/mol. The van der Waals surface area contributed by atoms with Crippen molar-refractivity contribution in [3.8, 4) is 5.75 Å². The van der Waals surface area contributed by atoms with Gasteiger partial charge in [0.15, 0.2) is 0 Å². The van der Waals surface area contributed by atoms with E-state index in [1.54, 1.807) is 24.1 Å². The second-order valence-electron chi connectivity index (χ2n) is 6.08. The summed E-state index contributed by atoms with van der Waals surface area (Å²) in [7, 11) is -2.05. The molecule has 1 aliphatic rings. The molecule has 3 rings (SSSR count). The Morgan fingerprint density at radius 1 is 1.15 bits per heavy atom. The summed E-state index contributed by atoms with van der Waals surface area (Å²) >= 11 is 5.79. The Morgan fingerprint density at radius 2 is 1.81 bits per heavy atom. The predicted molar refractivity (Wildman–Crippen MR) is 100 cm³/mol. The van der Waals surface area contributed by atoms with Crippen LogP contribution in [0.5, 0.6) is 5.75 Å². The molecule has 1 saturated heterocycles. The van der Waals surface area contributed by atoms with Gasteiger partial charge in [0.2, 0.25) is 15.9 Å². The average Bonchev–Trinajstić information content (AvgIpc) is 3.01. The third-order valence-corrected chi connectivity index (χ3v) is 5.97. The van der Waals surface area contributed by atoms with Gasteiger partial charge >= 0.3 is 0 Å². The number of hydrogen-bond acceptors (Lipinski definition) is 4. The Kier molecular flexibility index (Phi) is 5.50. The Morgan fingerprint density at radius 3 is 2.42 bits per heavy atom. The maximum Gasteiger partial charge on any atom is 0.240 e. The van der Waals surface area contributed by atoms with E-state index in [-0.39, 0.29) is 23.3 Å². The van der Waals surface area contributed by atoms with Gasteiger partial charge in [-0.1, -0.05) is 11.6 Å². The predicted octanol–water partition coefficient (Wildman–Crippen LogP) is 2.68. The number of methoxy groups -OCH3 is 1. The highest BCUT2D eigenvalue weighted by molar-refractivity contribution is 7.89. The summed E-state index contributed by atoms with van der Waals surface area (Å²) in [5, 5.41) is 0.473. The molecule has 1 fully saturated rings. The monoisotopic (exact) mass is 394 g/mol. The van der Waals surface area contributed by atoms with Gasteiger partial charge in [0.05, 0.1) is 12.0 Å². The largest absolute Gasteiger partial charge is 0.497 e. The topological polar surface area (TPSA) is 75.7 Å². The molecule has 0 bridgehead atoms. The molecule has 8 heteroatoms. The van der Waals surface area contributed by atoms with Gasteiger partial charge in [-0.25, -0.2) is 13.1 Å². The first-order chi connectivity index (χ1) is 12.4. The summed E-state index contributed by atoms with van der Waals surface area (Å²) in [6, 6.07) is 13.2. The number of benzene rings is 2. The van der Waals surface area contributed by atoms with E-state index in [0.29, 0.717) is 23.7 Å². The maximum atomic E-state index is 12.3. The summed E-state index contributed by atoms with van der Waals surface area (Å²) in [6.07, 6.45) is 0.301. The third kappa shape index (κ3) is 4.17. The van der Waals surface area contributed by atoms with E-state index in [0.717, 1.165) is 5.69 Å². The van der Waals surface area contributed by atoms with Crippen molar-refractivity contribution in [2.75, 3.05) is 25.1 Å². The van der Waals surface area contributed by atoms with Crippen LogP contribution in [0.25, 0.3) is 0 Å². The van der Waals surface area contributed by atoms with E-state index in [2.05, 4.69) is 4.72 Å². The van der Waals surface area contributed by atoms with Crippen molar-refractivity contribution < 1.29 is 17.9 Å². The normalized spacial score (nSPS) is 17.5. The van der Waals surface area contributed by atoms with Crippen LogP contribution in [0.2, 0.25) is 5.02 Å².